The van der Waals surface area contributed by atoms with E-state index in [0.29, 0.717) is 0 Å². The fourth-order valence-corrected chi connectivity index (χ4v) is 3.59. The van der Waals surface area contributed by atoms with Gasteiger partial charge in [0.15, 0.2) is 16.7 Å². The first-order chi connectivity index (χ1) is 14.9. The third-order valence-corrected chi connectivity index (χ3v) is 4.94. The summed E-state index contributed by atoms with van der Waals surface area (Å²) in [6.45, 7) is 7.37. The number of carbonyl (C=O) groups excluding carboxylic acids is 4. The number of nitrogens with one attached hydrogen (secondary N) is 1. The maximum absolute atomic E-state index is 12.6. The fraction of sp³-hybridized carbons (Fsp3) is 0.421. The number of amidine groups is 1. The minimum Gasteiger partial charge on any atom is -0.466 e. The minimum atomic E-state index is -0.679. The van der Waals surface area contributed by atoms with Crippen molar-refractivity contribution in [3.05, 3.63) is 35.2 Å². The molecular weight excluding hydrogens is 428 g/mol. The normalized spacial score (nSPS) is 18.5. The van der Waals surface area contributed by atoms with E-state index >= 15 is 0 Å². The van der Waals surface area contributed by atoms with E-state index in [1.54, 1.807) is 13.8 Å². The molecule has 0 unspecified atom stereocenters. The summed E-state index contributed by atoms with van der Waals surface area (Å²) in [4.78, 5) is 55.9. The van der Waals surface area contributed by atoms with Gasteiger partial charge in [-0.15, -0.1) is 6.58 Å². The van der Waals surface area contributed by atoms with Crippen LogP contribution in [0.2, 0.25) is 0 Å². The van der Waals surface area contributed by atoms with E-state index in [0.717, 1.165) is 17.8 Å². The molecule has 11 nitrogen and oxygen atoms in total. The van der Waals surface area contributed by atoms with Crippen molar-refractivity contribution in [3.63, 3.8) is 0 Å². The first kappa shape index (κ1) is 24.0. The number of hydrogen-bond donors (Lipinski definition) is 1. The molecule has 0 aromatic rings. The van der Waals surface area contributed by atoms with Gasteiger partial charge in [-0.25, -0.2) is 14.6 Å². The third kappa shape index (κ3) is 5.87. The number of ether oxygens (including phenoxy) is 3. The molecule has 1 fully saturated rings. The van der Waals surface area contributed by atoms with Crippen LogP contribution in [0.5, 0.6) is 0 Å². The fourth-order valence-electron chi connectivity index (χ4n) is 2.64. The summed E-state index contributed by atoms with van der Waals surface area (Å²) in [7, 11) is 1.21. The Hall–Kier alpha value is -3.28. The van der Waals surface area contributed by atoms with E-state index in [1.807, 2.05) is 0 Å². The Balaban J connectivity index is 2.43. The molecule has 0 bridgehead atoms. The van der Waals surface area contributed by atoms with Crippen LogP contribution >= 0.6 is 11.8 Å². The molecule has 31 heavy (non-hydrogen) atoms. The van der Waals surface area contributed by atoms with Crippen LogP contribution in [0.25, 0.3) is 0 Å². The van der Waals surface area contributed by atoms with Gasteiger partial charge < -0.3 is 24.4 Å². The molecule has 12 heteroatoms. The van der Waals surface area contributed by atoms with Crippen molar-refractivity contribution in [2.24, 2.45) is 4.99 Å². The second-order valence-electron chi connectivity index (χ2n) is 5.99. The molecule has 0 aliphatic carbocycles. The smallest absolute Gasteiger partial charge is 0.358 e. The van der Waals surface area contributed by atoms with E-state index in [1.165, 1.54) is 23.0 Å². The average Bonchev–Trinajstić information content (AvgIpc) is 3.24. The SMILES string of the molecule is C=CCN1C(=O)C(=CC(=O)OC)SC1=NC1=C(C(=O)OCC)N(CC(=O)OCC)CN1. The molecule has 1 amide bonds. The van der Waals surface area contributed by atoms with Crippen LogP contribution < -0.4 is 5.32 Å². The van der Waals surface area contributed by atoms with Gasteiger partial charge in [-0.2, -0.15) is 0 Å². The van der Waals surface area contributed by atoms with Crippen LogP contribution in [0, 0.1) is 0 Å². The summed E-state index contributed by atoms with van der Waals surface area (Å²) in [5.41, 5.74) is 0.0411. The molecule has 0 atom stereocenters. The number of amides is 1. The summed E-state index contributed by atoms with van der Waals surface area (Å²) in [5, 5.41) is 3.16. The van der Waals surface area contributed by atoms with Crippen molar-refractivity contribution in [1.29, 1.82) is 0 Å². The van der Waals surface area contributed by atoms with Gasteiger partial charge in [-0.05, 0) is 25.6 Å². The number of esters is 3. The molecule has 2 heterocycles. The monoisotopic (exact) mass is 452 g/mol. The van der Waals surface area contributed by atoms with Gasteiger partial charge in [-0.1, -0.05) is 6.08 Å². The third-order valence-electron chi connectivity index (χ3n) is 3.93. The standard InChI is InChI=1S/C19H24N4O7S/c1-5-8-23-17(26)12(9-13(24)28-4)31-19(23)21-16-15(18(27)30-7-3)22(11-20-16)10-14(25)29-6-2/h5,9,20H,1,6-8,10-11H2,2-4H3. The van der Waals surface area contributed by atoms with Crippen molar-refractivity contribution in [3.8, 4) is 0 Å². The zero-order valence-corrected chi connectivity index (χ0v) is 18.3. The number of thioether (sulfide) groups is 1. The predicted octanol–water partition coefficient (Wildman–Crippen LogP) is 0.319. The van der Waals surface area contributed by atoms with Crippen molar-refractivity contribution in [1.82, 2.24) is 15.1 Å². The van der Waals surface area contributed by atoms with Crippen LogP contribution in [0.4, 0.5) is 0 Å². The van der Waals surface area contributed by atoms with Crippen LogP contribution in [0.3, 0.4) is 0 Å². The van der Waals surface area contributed by atoms with Crippen molar-refractivity contribution in [2.75, 3.05) is 40.1 Å². The van der Waals surface area contributed by atoms with E-state index < -0.39 is 23.8 Å². The molecule has 1 saturated heterocycles. The van der Waals surface area contributed by atoms with Gasteiger partial charge in [0.25, 0.3) is 5.91 Å². The van der Waals surface area contributed by atoms with Gasteiger partial charge in [-0.3, -0.25) is 14.5 Å². The Morgan fingerprint density at radius 2 is 1.97 bits per heavy atom. The quantitative estimate of drug-likeness (QED) is 0.226. The summed E-state index contributed by atoms with van der Waals surface area (Å²) in [6, 6.07) is 0. The summed E-state index contributed by atoms with van der Waals surface area (Å²) < 4.78 is 14.6. The summed E-state index contributed by atoms with van der Waals surface area (Å²) >= 11 is 0.950. The Morgan fingerprint density at radius 1 is 1.26 bits per heavy atom. The summed E-state index contributed by atoms with van der Waals surface area (Å²) in [5.74, 6) is -2.19. The van der Waals surface area contributed by atoms with Gasteiger partial charge in [0, 0.05) is 12.6 Å². The molecular formula is C19H24N4O7S. The second kappa shape index (κ2) is 11.2. The first-order valence-corrected chi connectivity index (χ1v) is 10.2. The van der Waals surface area contributed by atoms with Crippen LogP contribution in [-0.4, -0.2) is 78.9 Å². The molecule has 1 N–H and O–H groups in total. The van der Waals surface area contributed by atoms with Crippen molar-refractivity contribution in [2.45, 2.75) is 13.8 Å². The lowest BCUT2D eigenvalue weighted by Crippen LogP contribution is -2.33. The lowest BCUT2D eigenvalue weighted by molar-refractivity contribution is -0.145. The number of hydrogen-bond acceptors (Lipinski definition) is 11. The molecule has 0 saturated carbocycles. The highest BCUT2D eigenvalue weighted by Crippen LogP contribution is 2.32. The molecule has 2 rings (SSSR count). The van der Waals surface area contributed by atoms with Gasteiger partial charge >= 0.3 is 17.9 Å². The molecule has 0 aromatic carbocycles. The Morgan fingerprint density at radius 3 is 2.58 bits per heavy atom. The lowest BCUT2D eigenvalue weighted by atomic mass is 10.4. The molecule has 2 aliphatic heterocycles. The van der Waals surface area contributed by atoms with Gasteiger partial charge in [0.05, 0.1) is 31.9 Å². The first-order valence-electron chi connectivity index (χ1n) is 9.40. The molecule has 168 valence electrons. The maximum Gasteiger partial charge on any atom is 0.358 e. The Kier molecular flexibility index (Phi) is 8.67. The zero-order valence-electron chi connectivity index (χ0n) is 17.5. The highest BCUT2D eigenvalue weighted by molar-refractivity contribution is 8.18. The molecule has 0 aromatic heterocycles. The van der Waals surface area contributed by atoms with E-state index in [4.69, 9.17) is 9.47 Å². The molecule has 0 spiro atoms. The highest BCUT2D eigenvalue weighted by Gasteiger charge is 2.36. The number of carbonyl (C=O) groups is 4. The minimum absolute atomic E-state index is 0.0411. The number of nitrogens with zero attached hydrogens (tertiary/aromatic N) is 3. The zero-order chi connectivity index (χ0) is 23.0. The Labute approximate surface area is 183 Å². The number of rotatable bonds is 9. The van der Waals surface area contributed by atoms with Crippen LogP contribution in [0.1, 0.15) is 13.8 Å². The Bertz CT molecular complexity index is 865. The lowest BCUT2D eigenvalue weighted by Gasteiger charge is -2.18. The maximum atomic E-state index is 12.6. The second-order valence-corrected chi connectivity index (χ2v) is 7.00. The van der Waals surface area contributed by atoms with E-state index in [9.17, 15) is 19.2 Å². The highest BCUT2D eigenvalue weighted by atomic mass is 32.2. The average molecular weight is 452 g/mol. The van der Waals surface area contributed by atoms with Crippen molar-refractivity contribution >= 4 is 40.7 Å². The number of methoxy groups -OCH3 is 1. The van der Waals surface area contributed by atoms with Gasteiger partial charge in [0.2, 0.25) is 0 Å². The van der Waals surface area contributed by atoms with Gasteiger partial charge in [0.1, 0.15) is 6.54 Å². The van der Waals surface area contributed by atoms with Crippen LogP contribution in [-0.2, 0) is 33.4 Å². The topological polar surface area (TPSA) is 127 Å². The molecule has 2 aliphatic rings. The largest absolute Gasteiger partial charge is 0.466 e. The van der Waals surface area contributed by atoms with E-state index in [2.05, 4.69) is 21.6 Å². The molecule has 0 radical (unpaired) electrons. The number of aliphatic imine (C=N–C) groups is 1. The van der Waals surface area contributed by atoms with Crippen LogP contribution in [0.15, 0.2) is 40.1 Å². The van der Waals surface area contributed by atoms with Crippen molar-refractivity contribution < 1.29 is 33.4 Å². The van der Waals surface area contributed by atoms with E-state index in [-0.39, 0.29) is 54.6 Å². The predicted molar refractivity (Wildman–Crippen MR) is 112 cm³/mol. The summed E-state index contributed by atoms with van der Waals surface area (Å²) in [6.07, 6.45) is 2.58.